The van der Waals surface area contributed by atoms with Gasteiger partial charge in [-0.05, 0) is 57.2 Å². The molecule has 37 heavy (non-hydrogen) atoms. The molecular formula is C28H43N3O4S2. The van der Waals surface area contributed by atoms with Crippen molar-refractivity contribution in [2.45, 2.75) is 89.9 Å². The van der Waals surface area contributed by atoms with E-state index >= 15 is 0 Å². The zero-order chi connectivity index (χ0) is 26.8. The predicted molar refractivity (Wildman–Crippen MR) is 154 cm³/mol. The third-order valence-electron chi connectivity index (χ3n) is 6.91. The second-order valence-electron chi connectivity index (χ2n) is 11.0. The molecule has 2 N–H and O–H groups in total. The summed E-state index contributed by atoms with van der Waals surface area (Å²) < 4.78 is 10.8. The molecule has 0 aromatic heterocycles. The minimum Gasteiger partial charge on any atom is -0.497 e. The van der Waals surface area contributed by atoms with Crippen LogP contribution in [0.15, 0.2) is 24.3 Å². The molecule has 2 aliphatic rings. The number of amides is 2. The largest absolute Gasteiger partial charge is 0.497 e. The number of hydrogen-bond acceptors (Lipinski definition) is 6. The quantitative estimate of drug-likeness (QED) is 0.404. The molecule has 1 aliphatic carbocycles. The highest BCUT2D eigenvalue weighted by atomic mass is 32.2. The maximum atomic E-state index is 13.5. The fourth-order valence-electron chi connectivity index (χ4n) is 4.83. The summed E-state index contributed by atoms with van der Waals surface area (Å²) in [6, 6.07) is 7.00. The molecule has 1 saturated heterocycles. The lowest BCUT2D eigenvalue weighted by Gasteiger charge is -2.36. The standard InChI is InChI=1S/C28H43N3O4S2/c1-28(2,3)35-27(33)31-16-17-37-19-24(31)25(32)30-23(15-12-20-8-6-5-7-9-20)26(36)29-18-21-10-13-22(34-4)14-11-21/h10-11,13-14,20,23-24H,5-9,12,15-19H2,1-4H3,(H,29,36)(H,30,32)/t23-,24-/m1/s1. The van der Waals surface area contributed by atoms with Crippen LogP contribution in [0, 0.1) is 5.92 Å². The van der Waals surface area contributed by atoms with Crippen LogP contribution in [0.25, 0.3) is 0 Å². The monoisotopic (exact) mass is 549 g/mol. The Bertz CT molecular complexity index is 898. The van der Waals surface area contributed by atoms with Crippen LogP contribution in [0.4, 0.5) is 4.79 Å². The Hall–Kier alpha value is -2.00. The van der Waals surface area contributed by atoms with Crippen molar-refractivity contribution in [1.29, 1.82) is 0 Å². The number of thioether (sulfide) groups is 1. The van der Waals surface area contributed by atoms with E-state index in [0.717, 1.165) is 29.9 Å². The summed E-state index contributed by atoms with van der Waals surface area (Å²) >= 11 is 7.49. The average Bonchev–Trinajstić information content (AvgIpc) is 2.89. The molecule has 2 atom stereocenters. The van der Waals surface area contributed by atoms with E-state index < -0.39 is 17.7 Å². The van der Waals surface area contributed by atoms with Crippen molar-refractivity contribution in [1.82, 2.24) is 15.5 Å². The first-order valence-corrected chi connectivity index (χ1v) is 15.0. The molecule has 206 valence electrons. The van der Waals surface area contributed by atoms with Crippen molar-refractivity contribution in [2.75, 3.05) is 25.2 Å². The molecule has 0 unspecified atom stereocenters. The van der Waals surface area contributed by atoms with Gasteiger partial charge in [0, 0.05) is 24.6 Å². The van der Waals surface area contributed by atoms with Crippen LogP contribution >= 0.6 is 24.0 Å². The lowest BCUT2D eigenvalue weighted by atomic mass is 9.85. The molecule has 2 fully saturated rings. The van der Waals surface area contributed by atoms with Crippen molar-refractivity contribution < 1.29 is 19.1 Å². The number of hydrogen-bond donors (Lipinski definition) is 2. The van der Waals surface area contributed by atoms with E-state index in [2.05, 4.69) is 10.6 Å². The van der Waals surface area contributed by atoms with Gasteiger partial charge in [-0.2, -0.15) is 11.8 Å². The Morgan fingerprint density at radius 1 is 1.16 bits per heavy atom. The lowest BCUT2D eigenvalue weighted by molar-refractivity contribution is -0.126. The number of benzene rings is 1. The summed E-state index contributed by atoms with van der Waals surface area (Å²) in [4.78, 5) is 28.6. The van der Waals surface area contributed by atoms with Crippen LogP contribution in [-0.2, 0) is 16.1 Å². The first-order valence-electron chi connectivity index (χ1n) is 13.4. The molecule has 0 bridgehead atoms. The van der Waals surface area contributed by atoms with E-state index in [1.54, 1.807) is 23.8 Å². The van der Waals surface area contributed by atoms with Crippen LogP contribution in [0.2, 0.25) is 0 Å². The Kier molecular flexibility index (Phi) is 11.4. The van der Waals surface area contributed by atoms with Gasteiger partial charge in [-0.25, -0.2) is 4.79 Å². The predicted octanol–water partition coefficient (Wildman–Crippen LogP) is 5.31. The Morgan fingerprint density at radius 2 is 1.86 bits per heavy atom. The van der Waals surface area contributed by atoms with E-state index in [1.165, 1.54) is 32.1 Å². The normalized spacial score (nSPS) is 19.6. The van der Waals surface area contributed by atoms with Gasteiger partial charge in [-0.3, -0.25) is 9.69 Å². The van der Waals surface area contributed by atoms with Crippen LogP contribution in [0.3, 0.4) is 0 Å². The molecule has 0 radical (unpaired) electrons. The van der Waals surface area contributed by atoms with Crippen LogP contribution in [0.5, 0.6) is 5.75 Å². The van der Waals surface area contributed by atoms with E-state index in [4.69, 9.17) is 21.7 Å². The van der Waals surface area contributed by atoms with Crippen molar-refractivity contribution in [3.05, 3.63) is 29.8 Å². The molecule has 3 rings (SSSR count). The van der Waals surface area contributed by atoms with Gasteiger partial charge in [0.2, 0.25) is 5.91 Å². The first-order chi connectivity index (χ1) is 17.7. The highest BCUT2D eigenvalue weighted by molar-refractivity contribution is 7.99. The number of carbonyl (C=O) groups is 2. The second kappa shape index (κ2) is 14.2. The SMILES string of the molecule is COc1ccc(CNC(=S)[C@@H](CCC2CCCCC2)NC(=O)[C@H]2CSCCN2C(=O)OC(C)(C)C)cc1. The molecule has 1 saturated carbocycles. The maximum Gasteiger partial charge on any atom is 0.411 e. The number of nitrogens with zero attached hydrogens (tertiary/aromatic N) is 1. The van der Waals surface area contributed by atoms with Crippen molar-refractivity contribution in [2.24, 2.45) is 5.92 Å². The molecule has 2 amide bonds. The highest BCUT2D eigenvalue weighted by Gasteiger charge is 2.36. The smallest absolute Gasteiger partial charge is 0.411 e. The minimum absolute atomic E-state index is 0.166. The van der Waals surface area contributed by atoms with Gasteiger partial charge in [-0.15, -0.1) is 0 Å². The Balaban J connectivity index is 1.66. The number of carbonyl (C=O) groups excluding carboxylic acids is 2. The van der Waals surface area contributed by atoms with Crippen LogP contribution < -0.4 is 15.4 Å². The number of methoxy groups -OCH3 is 1. The molecule has 1 aromatic rings. The second-order valence-corrected chi connectivity index (χ2v) is 12.6. The fourth-order valence-corrected chi connectivity index (χ4v) is 6.13. The van der Waals surface area contributed by atoms with Crippen molar-refractivity contribution in [3.63, 3.8) is 0 Å². The number of rotatable bonds is 9. The van der Waals surface area contributed by atoms with Crippen LogP contribution in [-0.4, -0.2) is 64.7 Å². The molecule has 0 spiro atoms. The molecule has 1 heterocycles. The number of ether oxygens (including phenoxy) is 2. The maximum absolute atomic E-state index is 13.5. The summed E-state index contributed by atoms with van der Waals surface area (Å²) in [6.45, 7) is 6.58. The van der Waals surface area contributed by atoms with E-state index in [0.29, 0.717) is 29.7 Å². The molecule has 9 heteroatoms. The summed E-state index contributed by atoms with van der Waals surface area (Å²) in [5, 5.41) is 6.57. The van der Waals surface area contributed by atoms with E-state index in [1.807, 2.05) is 45.0 Å². The van der Waals surface area contributed by atoms with Gasteiger partial charge < -0.3 is 20.1 Å². The lowest BCUT2D eigenvalue weighted by Crippen LogP contribution is -2.58. The number of thiocarbonyl (C=S) groups is 1. The van der Waals surface area contributed by atoms with E-state index in [9.17, 15) is 9.59 Å². The third-order valence-corrected chi connectivity index (χ3v) is 8.36. The highest BCUT2D eigenvalue weighted by Crippen LogP contribution is 2.28. The Morgan fingerprint density at radius 3 is 2.51 bits per heavy atom. The van der Waals surface area contributed by atoms with Gasteiger partial charge in [0.05, 0.1) is 18.1 Å². The molecule has 1 aliphatic heterocycles. The number of nitrogens with one attached hydrogen (secondary N) is 2. The molecular weight excluding hydrogens is 506 g/mol. The molecule has 1 aromatic carbocycles. The van der Waals surface area contributed by atoms with Gasteiger partial charge in [-0.1, -0.05) is 56.5 Å². The van der Waals surface area contributed by atoms with Gasteiger partial charge >= 0.3 is 6.09 Å². The zero-order valence-electron chi connectivity index (χ0n) is 22.7. The zero-order valence-corrected chi connectivity index (χ0v) is 24.3. The van der Waals surface area contributed by atoms with Crippen molar-refractivity contribution in [3.8, 4) is 5.75 Å². The minimum atomic E-state index is -0.613. The summed E-state index contributed by atoms with van der Waals surface area (Å²) in [5.41, 5.74) is 0.471. The summed E-state index contributed by atoms with van der Waals surface area (Å²) in [6.07, 6.45) is 7.77. The summed E-state index contributed by atoms with van der Waals surface area (Å²) in [5.74, 6) is 2.66. The Labute approximate surface area is 231 Å². The van der Waals surface area contributed by atoms with Gasteiger partial charge in [0.15, 0.2) is 0 Å². The average molecular weight is 550 g/mol. The third kappa shape index (κ3) is 9.67. The van der Waals surface area contributed by atoms with Crippen molar-refractivity contribution >= 4 is 41.0 Å². The van der Waals surface area contributed by atoms with E-state index in [-0.39, 0.29) is 11.9 Å². The first kappa shape index (κ1) is 29.6. The topological polar surface area (TPSA) is 79.9 Å². The van der Waals surface area contributed by atoms with Gasteiger partial charge in [0.1, 0.15) is 17.4 Å². The summed E-state index contributed by atoms with van der Waals surface area (Å²) in [7, 11) is 1.65. The molecule has 7 nitrogen and oxygen atoms in total. The van der Waals surface area contributed by atoms with Crippen LogP contribution in [0.1, 0.15) is 71.3 Å². The van der Waals surface area contributed by atoms with Gasteiger partial charge in [0.25, 0.3) is 0 Å². The fraction of sp³-hybridized carbons (Fsp3) is 0.679.